The van der Waals surface area contributed by atoms with Gasteiger partial charge < -0.3 is 15.2 Å². The maximum Gasteiger partial charge on any atom is 0.341 e. The molecule has 0 unspecified atom stereocenters. The van der Waals surface area contributed by atoms with E-state index in [1.54, 1.807) is 0 Å². The first kappa shape index (κ1) is 15.5. The van der Waals surface area contributed by atoms with Crippen LogP contribution >= 0.6 is 0 Å². The van der Waals surface area contributed by atoms with E-state index < -0.39 is 11.9 Å². The summed E-state index contributed by atoms with van der Waals surface area (Å²) in [7, 11) is 1.20. The first-order valence-corrected chi connectivity index (χ1v) is 6.46. The molecule has 2 aromatic rings. The normalized spacial score (nSPS) is 10.1. The maximum absolute atomic E-state index is 12.8. The van der Waals surface area contributed by atoms with Crippen molar-refractivity contribution in [3.05, 3.63) is 59.4 Å². The summed E-state index contributed by atoms with van der Waals surface area (Å²) >= 11 is 0. The zero-order valence-electron chi connectivity index (χ0n) is 11.8. The molecule has 22 heavy (non-hydrogen) atoms. The molecular weight excluding hydrogens is 289 g/mol. The molecule has 2 rings (SSSR count). The van der Waals surface area contributed by atoms with Gasteiger partial charge in [-0.1, -0.05) is 18.2 Å². The molecule has 0 fully saturated rings. The fourth-order valence-corrected chi connectivity index (χ4v) is 1.90. The average molecular weight is 303 g/mol. The van der Waals surface area contributed by atoms with Crippen molar-refractivity contribution in [2.24, 2.45) is 0 Å². The van der Waals surface area contributed by atoms with Crippen LogP contribution in [-0.4, -0.2) is 24.1 Å². The highest BCUT2D eigenvalue weighted by Crippen LogP contribution is 2.28. The van der Waals surface area contributed by atoms with Crippen LogP contribution in [0.4, 0.5) is 10.1 Å². The van der Waals surface area contributed by atoms with Crippen molar-refractivity contribution < 1.29 is 23.8 Å². The molecule has 0 bridgehead atoms. The lowest BCUT2D eigenvalue weighted by molar-refractivity contribution is -0.115. The van der Waals surface area contributed by atoms with Gasteiger partial charge in [0.15, 0.2) is 5.75 Å². The number of para-hydroxylation sites is 1. The number of benzene rings is 2. The lowest BCUT2D eigenvalue weighted by Crippen LogP contribution is -2.15. The van der Waals surface area contributed by atoms with Gasteiger partial charge in [-0.25, -0.2) is 9.18 Å². The third kappa shape index (κ3) is 3.60. The minimum atomic E-state index is -0.702. The first-order valence-electron chi connectivity index (χ1n) is 6.46. The summed E-state index contributed by atoms with van der Waals surface area (Å²) in [5.74, 6) is -1.84. The average Bonchev–Trinajstić information content (AvgIpc) is 2.51. The molecule has 2 aromatic carbocycles. The highest BCUT2D eigenvalue weighted by molar-refractivity contribution is 5.99. The highest BCUT2D eigenvalue weighted by atomic mass is 19.1. The molecule has 0 saturated carbocycles. The number of amides is 1. The third-order valence-electron chi connectivity index (χ3n) is 2.99. The van der Waals surface area contributed by atoms with Crippen molar-refractivity contribution in [1.82, 2.24) is 0 Å². The number of aromatic hydroxyl groups is 1. The Morgan fingerprint density at radius 3 is 2.50 bits per heavy atom. The minimum absolute atomic E-state index is 0.0160. The second kappa shape index (κ2) is 6.71. The smallest absolute Gasteiger partial charge is 0.341 e. The van der Waals surface area contributed by atoms with Crippen molar-refractivity contribution in [3.63, 3.8) is 0 Å². The number of esters is 1. The summed E-state index contributed by atoms with van der Waals surface area (Å²) in [5, 5.41) is 12.5. The van der Waals surface area contributed by atoms with Crippen molar-refractivity contribution in [3.8, 4) is 5.75 Å². The summed E-state index contributed by atoms with van der Waals surface area (Å²) in [6, 6.07) is 9.88. The zero-order valence-corrected chi connectivity index (χ0v) is 11.8. The summed E-state index contributed by atoms with van der Waals surface area (Å²) in [4.78, 5) is 23.4. The van der Waals surface area contributed by atoms with Gasteiger partial charge >= 0.3 is 5.97 Å². The molecule has 0 aromatic heterocycles. The van der Waals surface area contributed by atoms with E-state index in [9.17, 15) is 19.1 Å². The molecule has 0 atom stereocenters. The van der Waals surface area contributed by atoms with E-state index in [4.69, 9.17) is 0 Å². The molecule has 0 spiro atoms. The number of methoxy groups -OCH3 is 1. The Morgan fingerprint density at radius 1 is 1.18 bits per heavy atom. The summed E-state index contributed by atoms with van der Waals surface area (Å²) in [5.41, 5.74) is 0.694. The lowest BCUT2D eigenvalue weighted by Gasteiger charge is -2.10. The van der Waals surface area contributed by atoms with E-state index in [0.717, 1.165) is 0 Å². The summed E-state index contributed by atoms with van der Waals surface area (Å²) in [6.45, 7) is 0. The Hall–Kier alpha value is -2.89. The van der Waals surface area contributed by atoms with Gasteiger partial charge in [0.05, 0.1) is 19.2 Å². The van der Waals surface area contributed by atoms with Gasteiger partial charge in [-0.2, -0.15) is 0 Å². The quantitative estimate of drug-likeness (QED) is 0.672. The molecular formula is C16H14FNO4. The molecule has 2 N–H and O–H groups in total. The van der Waals surface area contributed by atoms with Gasteiger partial charge in [-0.15, -0.1) is 0 Å². The Bertz CT molecular complexity index is 698. The number of hydrogen-bond donors (Lipinski definition) is 2. The number of halogens is 1. The predicted octanol–water partition coefficient (Wildman–Crippen LogP) is 2.50. The van der Waals surface area contributed by atoms with E-state index >= 15 is 0 Å². The molecule has 0 radical (unpaired) electrons. The second-order valence-electron chi connectivity index (χ2n) is 4.54. The second-order valence-corrected chi connectivity index (χ2v) is 4.54. The maximum atomic E-state index is 12.8. The van der Waals surface area contributed by atoms with Gasteiger partial charge in [0.1, 0.15) is 11.4 Å². The van der Waals surface area contributed by atoms with Crippen LogP contribution in [0.15, 0.2) is 42.5 Å². The first-order chi connectivity index (χ1) is 10.5. The third-order valence-corrected chi connectivity index (χ3v) is 2.99. The topological polar surface area (TPSA) is 75.6 Å². The predicted molar refractivity (Wildman–Crippen MR) is 78.2 cm³/mol. The van der Waals surface area contributed by atoms with Gasteiger partial charge in [0.25, 0.3) is 0 Å². The molecule has 0 aliphatic heterocycles. The van der Waals surface area contributed by atoms with Gasteiger partial charge in [-0.05, 0) is 29.8 Å². The van der Waals surface area contributed by atoms with Gasteiger partial charge in [0.2, 0.25) is 5.91 Å². The van der Waals surface area contributed by atoms with Crippen molar-refractivity contribution in [1.29, 1.82) is 0 Å². The number of rotatable bonds is 4. The Kier molecular flexibility index (Phi) is 4.73. The SMILES string of the molecule is COC(=O)c1cccc(NC(=O)Cc2ccc(F)cc2)c1O. The minimum Gasteiger partial charge on any atom is -0.505 e. The number of carbonyl (C=O) groups excluding carboxylic acids is 2. The number of nitrogens with one attached hydrogen (secondary N) is 1. The van der Waals surface area contributed by atoms with Crippen molar-refractivity contribution in [2.45, 2.75) is 6.42 Å². The Labute approximate surface area is 126 Å². The largest absolute Gasteiger partial charge is 0.505 e. The number of hydrogen-bond acceptors (Lipinski definition) is 4. The summed E-state index contributed by atoms with van der Waals surface area (Å²) in [6.07, 6.45) is 0.0160. The van der Waals surface area contributed by atoms with Crippen LogP contribution in [0.2, 0.25) is 0 Å². The van der Waals surface area contributed by atoms with E-state index in [1.807, 2.05) is 0 Å². The van der Waals surface area contributed by atoms with E-state index in [1.165, 1.54) is 49.6 Å². The number of ether oxygens (including phenoxy) is 1. The monoisotopic (exact) mass is 303 g/mol. The van der Waals surface area contributed by atoms with Crippen LogP contribution in [0.5, 0.6) is 5.75 Å². The van der Waals surface area contributed by atoms with E-state index in [0.29, 0.717) is 5.56 Å². The van der Waals surface area contributed by atoms with Crippen LogP contribution in [0.25, 0.3) is 0 Å². The molecule has 6 heteroatoms. The van der Waals surface area contributed by atoms with Crippen LogP contribution in [0, 0.1) is 5.82 Å². The van der Waals surface area contributed by atoms with Crippen LogP contribution in [-0.2, 0) is 16.0 Å². The zero-order chi connectivity index (χ0) is 16.1. The molecule has 114 valence electrons. The molecule has 0 aliphatic carbocycles. The van der Waals surface area contributed by atoms with Crippen LogP contribution in [0.1, 0.15) is 15.9 Å². The van der Waals surface area contributed by atoms with Crippen molar-refractivity contribution >= 4 is 17.6 Å². The fraction of sp³-hybridized carbons (Fsp3) is 0.125. The van der Waals surface area contributed by atoms with Gasteiger partial charge in [0, 0.05) is 0 Å². The Morgan fingerprint density at radius 2 is 1.86 bits per heavy atom. The number of carbonyl (C=O) groups is 2. The standard InChI is InChI=1S/C16H14FNO4/c1-22-16(21)12-3-2-4-13(15(12)20)18-14(19)9-10-5-7-11(17)8-6-10/h2-8,20H,9H2,1H3,(H,18,19). The molecule has 0 saturated heterocycles. The molecule has 1 amide bonds. The fourth-order valence-electron chi connectivity index (χ4n) is 1.90. The van der Waals surface area contributed by atoms with Crippen molar-refractivity contribution in [2.75, 3.05) is 12.4 Å². The van der Waals surface area contributed by atoms with E-state index in [2.05, 4.69) is 10.1 Å². The number of anilines is 1. The lowest BCUT2D eigenvalue weighted by atomic mass is 10.1. The number of phenolic OH excluding ortho intramolecular Hbond substituents is 1. The Balaban J connectivity index is 2.11. The number of phenols is 1. The molecule has 0 aliphatic rings. The highest BCUT2D eigenvalue weighted by Gasteiger charge is 2.16. The molecule has 0 heterocycles. The van der Waals surface area contributed by atoms with E-state index in [-0.39, 0.29) is 29.2 Å². The van der Waals surface area contributed by atoms with Crippen LogP contribution < -0.4 is 5.32 Å². The molecule has 5 nitrogen and oxygen atoms in total. The van der Waals surface area contributed by atoms with Crippen LogP contribution in [0.3, 0.4) is 0 Å². The summed E-state index contributed by atoms with van der Waals surface area (Å²) < 4.78 is 17.3. The van der Waals surface area contributed by atoms with Gasteiger partial charge in [-0.3, -0.25) is 4.79 Å².